The second kappa shape index (κ2) is 4.45. The van der Waals surface area contributed by atoms with Crippen LogP contribution in [-0.2, 0) is 16.6 Å². The number of carbonyl (C=O) groups is 1. The Morgan fingerprint density at radius 1 is 1.31 bits per heavy atom. The van der Waals surface area contributed by atoms with E-state index in [2.05, 4.69) is 7.05 Å². The molecule has 1 aromatic carbocycles. The van der Waals surface area contributed by atoms with E-state index in [1.165, 1.54) is 12.8 Å². The molecule has 138 valence electrons. The number of aromatic hydroxyl groups is 1. The van der Waals surface area contributed by atoms with Crippen LogP contribution in [0.5, 0.6) is 11.5 Å². The van der Waals surface area contributed by atoms with Gasteiger partial charge in [-0.15, -0.1) is 0 Å². The van der Waals surface area contributed by atoms with Gasteiger partial charge in [0.25, 0.3) is 0 Å². The molecule has 0 radical (unpaired) electrons. The summed E-state index contributed by atoms with van der Waals surface area (Å²) in [6, 6.07) is 3.77. The van der Waals surface area contributed by atoms with Crippen LogP contribution in [0.1, 0.15) is 43.2 Å². The summed E-state index contributed by atoms with van der Waals surface area (Å²) in [4.78, 5) is 12.8. The quantitative estimate of drug-likeness (QED) is 0.791. The van der Waals surface area contributed by atoms with Crippen molar-refractivity contribution in [2.45, 2.75) is 61.7 Å². The van der Waals surface area contributed by atoms with Crippen LogP contribution in [0.25, 0.3) is 0 Å². The summed E-state index contributed by atoms with van der Waals surface area (Å²) in [5.74, 6) is 1.42. The molecule has 6 rings (SSSR count). The number of phenols is 1. The number of benzene rings is 1. The van der Waals surface area contributed by atoms with Crippen LogP contribution < -0.4 is 4.74 Å². The molecular weight excluding hydrogens is 330 g/mol. The van der Waals surface area contributed by atoms with Gasteiger partial charge < -0.3 is 19.4 Å². The van der Waals surface area contributed by atoms with Crippen molar-refractivity contribution < 1.29 is 24.2 Å². The molecule has 0 amide bonds. The Hall–Kier alpha value is -1.59. The van der Waals surface area contributed by atoms with E-state index in [1.54, 1.807) is 6.07 Å². The number of phenolic OH excluding ortho intramolecular Hbond substituents is 1. The minimum Gasteiger partial charge on any atom is -0.504 e. The van der Waals surface area contributed by atoms with Crippen LogP contribution in [0.4, 0.5) is 0 Å². The van der Waals surface area contributed by atoms with E-state index < -0.39 is 17.1 Å². The molecule has 2 bridgehead atoms. The third-order valence-electron chi connectivity index (χ3n) is 8.28. The molecule has 3 fully saturated rings. The van der Waals surface area contributed by atoms with E-state index >= 15 is 0 Å². The molecule has 5 heteroatoms. The summed E-state index contributed by atoms with van der Waals surface area (Å²) in [5, 5.41) is 22.5. The molecule has 5 nitrogen and oxygen atoms in total. The Morgan fingerprint density at radius 2 is 2.12 bits per heavy atom. The number of rotatable bonds is 2. The first-order valence-electron chi connectivity index (χ1n) is 10.0. The van der Waals surface area contributed by atoms with Gasteiger partial charge in [0.15, 0.2) is 23.4 Å². The lowest BCUT2D eigenvalue weighted by molar-refractivity contribution is -0.950. The second-order valence-corrected chi connectivity index (χ2v) is 9.61. The number of piperidine rings is 1. The summed E-state index contributed by atoms with van der Waals surface area (Å²) in [5.41, 5.74) is 0.492. The van der Waals surface area contributed by atoms with E-state index in [0.29, 0.717) is 18.6 Å². The molecule has 2 aliphatic heterocycles. The Kier molecular flexibility index (Phi) is 2.65. The van der Waals surface area contributed by atoms with Crippen molar-refractivity contribution in [3.05, 3.63) is 23.3 Å². The first kappa shape index (κ1) is 15.5. The molecule has 1 spiro atoms. The monoisotopic (exact) mass is 356 g/mol. The molecule has 26 heavy (non-hydrogen) atoms. The summed E-state index contributed by atoms with van der Waals surface area (Å²) >= 11 is 0. The third-order valence-corrected chi connectivity index (χ3v) is 8.28. The lowest BCUT2D eigenvalue weighted by atomic mass is 9.48. The van der Waals surface area contributed by atoms with Crippen LogP contribution in [0.3, 0.4) is 0 Å². The first-order chi connectivity index (χ1) is 12.4. The highest BCUT2D eigenvalue weighted by Gasteiger charge is 2.76. The first-order valence-corrected chi connectivity index (χ1v) is 10.0. The summed E-state index contributed by atoms with van der Waals surface area (Å²) in [6.45, 7) is 2.09. The highest BCUT2D eigenvalue weighted by Crippen LogP contribution is 2.65. The number of hydrogen-bond donors (Lipinski definition) is 2. The molecule has 3 aliphatic carbocycles. The van der Waals surface area contributed by atoms with E-state index in [9.17, 15) is 15.0 Å². The fourth-order valence-corrected chi connectivity index (χ4v) is 6.94. The molecule has 1 unspecified atom stereocenters. The van der Waals surface area contributed by atoms with Crippen molar-refractivity contribution in [3.63, 3.8) is 0 Å². The minimum atomic E-state index is -0.931. The number of quaternary nitrogens is 1. The Morgan fingerprint density at radius 3 is 2.88 bits per heavy atom. The number of hydrogen-bond acceptors (Lipinski definition) is 4. The van der Waals surface area contributed by atoms with Gasteiger partial charge in [0.05, 0.1) is 25.6 Å². The zero-order chi connectivity index (χ0) is 17.9. The van der Waals surface area contributed by atoms with E-state index in [-0.39, 0.29) is 17.6 Å². The predicted octanol–water partition coefficient (Wildman–Crippen LogP) is 1.67. The second-order valence-electron chi connectivity index (χ2n) is 9.61. The van der Waals surface area contributed by atoms with Gasteiger partial charge in [0.1, 0.15) is 11.6 Å². The number of likely N-dealkylation sites (tertiary alicyclic amines) is 1. The predicted molar refractivity (Wildman–Crippen MR) is 94.1 cm³/mol. The third kappa shape index (κ3) is 1.55. The Balaban J connectivity index is 1.60. The van der Waals surface area contributed by atoms with Gasteiger partial charge in [-0.25, -0.2) is 0 Å². The number of carbonyl (C=O) groups excluding carboxylic acids is 1. The fourth-order valence-electron chi connectivity index (χ4n) is 6.94. The van der Waals surface area contributed by atoms with E-state index in [0.717, 1.165) is 47.5 Å². The van der Waals surface area contributed by atoms with Gasteiger partial charge in [-0.2, -0.15) is 0 Å². The van der Waals surface area contributed by atoms with Crippen molar-refractivity contribution >= 4 is 5.78 Å². The number of aliphatic hydroxyl groups is 1. The molecule has 2 N–H and O–H groups in total. The number of nitrogens with zero attached hydrogens (tertiary/aromatic N) is 1. The SMILES string of the molecule is C[N@@+]1(CC2CC2)CC[C@]23c4c5ccc(O)c4OC2C(=O)CC[C@@]3(O)[C@H]1C5. The molecule has 5 aliphatic rings. The fraction of sp³-hybridized carbons (Fsp3) is 0.667. The smallest absolute Gasteiger partial charge is 0.174 e. The average molecular weight is 356 g/mol. The molecular formula is C21H26NO4+. The normalized spacial score (nSPS) is 45.2. The lowest BCUT2D eigenvalue weighted by Crippen LogP contribution is -2.80. The van der Waals surface area contributed by atoms with Crippen LogP contribution >= 0.6 is 0 Å². The van der Waals surface area contributed by atoms with Crippen molar-refractivity contribution in [1.29, 1.82) is 0 Å². The maximum atomic E-state index is 12.8. The summed E-state index contributed by atoms with van der Waals surface area (Å²) in [7, 11) is 2.31. The Bertz CT molecular complexity index is 849. The van der Waals surface area contributed by atoms with Crippen molar-refractivity contribution in [1.82, 2.24) is 0 Å². The van der Waals surface area contributed by atoms with Crippen molar-refractivity contribution in [3.8, 4) is 11.5 Å². The summed E-state index contributed by atoms with van der Waals surface area (Å²) < 4.78 is 6.98. The zero-order valence-corrected chi connectivity index (χ0v) is 15.2. The van der Waals surface area contributed by atoms with Crippen LogP contribution in [0.15, 0.2) is 12.1 Å². The molecule has 5 atom stereocenters. The number of likely N-dealkylation sites (N-methyl/N-ethyl adjacent to an activating group) is 1. The molecule has 2 heterocycles. The van der Waals surface area contributed by atoms with Crippen LogP contribution in [0, 0.1) is 5.92 Å². The summed E-state index contributed by atoms with van der Waals surface area (Å²) in [6.07, 6.45) is 4.42. The molecule has 1 saturated heterocycles. The molecule has 1 aromatic rings. The maximum Gasteiger partial charge on any atom is 0.174 e. The van der Waals surface area contributed by atoms with Gasteiger partial charge >= 0.3 is 0 Å². The van der Waals surface area contributed by atoms with Gasteiger partial charge in [-0.3, -0.25) is 4.79 Å². The maximum absolute atomic E-state index is 12.8. The van der Waals surface area contributed by atoms with Gasteiger partial charge in [0.2, 0.25) is 0 Å². The van der Waals surface area contributed by atoms with Gasteiger partial charge in [0, 0.05) is 30.7 Å². The van der Waals surface area contributed by atoms with Gasteiger partial charge in [-0.1, -0.05) is 6.07 Å². The lowest BCUT2D eigenvalue weighted by Gasteiger charge is -2.64. The standard InChI is InChI=1S/C21H25NO4/c1-22(11-12-2-3-12)9-8-20-17-13-4-5-14(23)18(17)26-19(20)15(24)6-7-21(20,25)16(22)10-13/h4-5,12,16,19,25H,2-3,6-11H2,1H3/p+1/t16-,19?,20+,21-,22+/m1/s1. The molecule has 2 saturated carbocycles. The van der Waals surface area contributed by atoms with Crippen LogP contribution in [0.2, 0.25) is 0 Å². The van der Waals surface area contributed by atoms with E-state index in [1.807, 2.05) is 6.07 Å². The number of ether oxygens (including phenoxy) is 1. The number of Topliss-reactive ketones (excluding diaryl/α,β-unsaturated/α-hetero) is 1. The van der Waals surface area contributed by atoms with E-state index in [4.69, 9.17) is 4.74 Å². The van der Waals surface area contributed by atoms with Crippen LogP contribution in [-0.4, -0.2) is 58.4 Å². The minimum absolute atomic E-state index is 0.0789. The highest BCUT2D eigenvalue weighted by molar-refractivity contribution is 5.90. The average Bonchev–Trinajstić information content (AvgIpc) is 3.32. The van der Waals surface area contributed by atoms with Crippen molar-refractivity contribution in [2.75, 3.05) is 20.1 Å². The van der Waals surface area contributed by atoms with Gasteiger partial charge in [-0.05, 0) is 30.9 Å². The number of ketones is 1. The Labute approximate surface area is 153 Å². The zero-order valence-electron chi connectivity index (χ0n) is 15.2. The highest BCUT2D eigenvalue weighted by atomic mass is 16.5. The van der Waals surface area contributed by atoms with Crippen molar-refractivity contribution in [2.24, 2.45) is 5.92 Å². The molecule has 0 aromatic heterocycles. The topological polar surface area (TPSA) is 66.8 Å². The largest absolute Gasteiger partial charge is 0.504 e.